The Bertz CT molecular complexity index is 1160. The van der Waals surface area contributed by atoms with Crippen LogP contribution in [-0.4, -0.2) is 41.9 Å². The first kappa shape index (κ1) is 22.5. The van der Waals surface area contributed by atoms with E-state index >= 15 is 0 Å². The van der Waals surface area contributed by atoms with Gasteiger partial charge in [-0.05, 0) is 36.8 Å². The maximum atomic E-state index is 14.0. The molecule has 168 valence electrons. The number of nitrogens with zero attached hydrogens (tertiary/aromatic N) is 3. The lowest BCUT2D eigenvalue weighted by molar-refractivity contribution is 0.0760. The molecule has 33 heavy (non-hydrogen) atoms. The van der Waals surface area contributed by atoms with E-state index in [0.29, 0.717) is 48.6 Å². The smallest absolute Gasteiger partial charge is 0.254 e. The molecule has 1 saturated heterocycles. The van der Waals surface area contributed by atoms with Gasteiger partial charge in [0.2, 0.25) is 0 Å². The predicted molar refractivity (Wildman–Crippen MR) is 124 cm³/mol. The third kappa shape index (κ3) is 5.76. The van der Waals surface area contributed by atoms with Crippen LogP contribution < -0.4 is 4.74 Å². The fourth-order valence-electron chi connectivity index (χ4n) is 4.02. The molecule has 0 spiro atoms. The summed E-state index contributed by atoms with van der Waals surface area (Å²) in [4.78, 5) is 17.2. The normalized spacial score (nSPS) is 14.4. The van der Waals surface area contributed by atoms with Gasteiger partial charge in [0.25, 0.3) is 5.91 Å². The lowest BCUT2D eigenvalue weighted by Crippen LogP contribution is -2.35. The van der Waals surface area contributed by atoms with E-state index in [9.17, 15) is 14.4 Å². The summed E-state index contributed by atoms with van der Waals surface area (Å²) in [6.45, 7) is 3.57. The number of hydrogen-bond donors (Lipinski definition) is 0. The number of halogens is 1. The first-order valence-corrected chi connectivity index (χ1v) is 11.1. The van der Waals surface area contributed by atoms with Crippen LogP contribution in [0, 0.1) is 17.1 Å². The molecule has 0 saturated carbocycles. The molecule has 4 rings (SSSR count). The van der Waals surface area contributed by atoms with Crippen LogP contribution in [0.4, 0.5) is 4.39 Å². The van der Waals surface area contributed by atoms with Crippen LogP contribution in [0.2, 0.25) is 0 Å². The van der Waals surface area contributed by atoms with Crippen molar-refractivity contribution in [1.82, 2.24) is 9.80 Å². The minimum Gasteiger partial charge on any atom is -0.489 e. The third-order valence-electron chi connectivity index (χ3n) is 5.84. The molecule has 0 radical (unpaired) electrons. The average Bonchev–Trinajstić information content (AvgIpc) is 3.09. The van der Waals surface area contributed by atoms with E-state index in [2.05, 4.69) is 11.0 Å². The second-order valence-corrected chi connectivity index (χ2v) is 8.10. The molecule has 5 nitrogen and oxygen atoms in total. The summed E-state index contributed by atoms with van der Waals surface area (Å²) in [5.41, 5.74) is 2.64. The van der Waals surface area contributed by atoms with Gasteiger partial charge in [-0.2, -0.15) is 5.26 Å². The molecule has 1 heterocycles. The Hall–Kier alpha value is -3.69. The van der Waals surface area contributed by atoms with E-state index in [1.54, 1.807) is 30.3 Å². The number of hydrogen-bond acceptors (Lipinski definition) is 4. The Labute approximate surface area is 193 Å². The Balaban J connectivity index is 1.37. The van der Waals surface area contributed by atoms with E-state index in [1.807, 2.05) is 41.3 Å². The van der Waals surface area contributed by atoms with Gasteiger partial charge in [-0.25, -0.2) is 4.39 Å². The monoisotopic (exact) mass is 443 g/mol. The number of rotatable bonds is 6. The Morgan fingerprint density at radius 1 is 0.939 bits per heavy atom. The second kappa shape index (κ2) is 10.8. The predicted octanol–water partition coefficient (Wildman–Crippen LogP) is 4.62. The zero-order valence-electron chi connectivity index (χ0n) is 18.4. The highest BCUT2D eigenvalue weighted by Gasteiger charge is 2.21. The van der Waals surface area contributed by atoms with Gasteiger partial charge < -0.3 is 9.64 Å². The first-order chi connectivity index (χ1) is 16.1. The van der Waals surface area contributed by atoms with E-state index < -0.39 is 0 Å². The molecule has 0 aromatic heterocycles. The second-order valence-electron chi connectivity index (χ2n) is 8.10. The summed E-state index contributed by atoms with van der Waals surface area (Å²) in [5, 5.41) is 9.24. The molecule has 1 amide bonds. The van der Waals surface area contributed by atoms with E-state index in [4.69, 9.17) is 4.74 Å². The molecular weight excluding hydrogens is 417 g/mol. The summed E-state index contributed by atoms with van der Waals surface area (Å²) in [7, 11) is 0. The van der Waals surface area contributed by atoms with E-state index in [1.165, 1.54) is 6.07 Å². The van der Waals surface area contributed by atoms with Crippen molar-refractivity contribution in [3.05, 3.63) is 101 Å². The molecule has 0 atom stereocenters. The van der Waals surface area contributed by atoms with Gasteiger partial charge in [0.05, 0.1) is 11.6 Å². The zero-order chi connectivity index (χ0) is 23.0. The Morgan fingerprint density at radius 3 is 2.55 bits per heavy atom. The van der Waals surface area contributed by atoms with Crippen LogP contribution in [0.5, 0.6) is 5.75 Å². The van der Waals surface area contributed by atoms with Crippen LogP contribution in [-0.2, 0) is 13.2 Å². The molecule has 0 unspecified atom stereocenters. The minimum absolute atomic E-state index is 0.0365. The molecule has 0 aliphatic carbocycles. The molecule has 6 heteroatoms. The highest BCUT2D eigenvalue weighted by atomic mass is 19.1. The summed E-state index contributed by atoms with van der Waals surface area (Å²) in [5.74, 6) is 0.360. The van der Waals surface area contributed by atoms with Crippen LogP contribution in [0.1, 0.15) is 33.5 Å². The number of carbonyl (C=O) groups is 1. The molecule has 0 N–H and O–H groups in total. The number of ether oxygens (including phenoxy) is 1. The SMILES string of the molecule is N#Cc1ccccc1COc1cccc(C(=O)N2CCCN(Cc3ccccc3F)CC2)c1. The fourth-order valence-corrected chi connectivity index (χ4v) is 4.02. The highest BCUT2D eigenvalue weighted by Crippen LogP contribution is 2.19. The van der Waals surface area contributed by atoms with Crippen LogP contribution in [0.15, 0.2) is 72.8 Å². The van der Waals surface area contributed by atoms with Crippen LogP contribution in [0.25, 0.3) is 0 Å². The molecule has 0 bridgehead atoms. The van der Waals surface area contributed by atoms with Crippen molar-refractivity contribution in [1.29, 1.82) is 5.26 Å². The van der Waals surface area contributed by atoms with Crippen molar-refractivity contribution < 1.29 is 13.9 Å². The molecule has 3 aromatic rings. The lowest BCUT2D eigenvalue weighted by Gasteiger charge is -2.22. The summed E-state index contributed by atoms with van der Waals surface area (Å²) in [6.07, 6.45) is 0.835. The van der Waals surface area contributed by atoms with Crippen LogP contribution in [0.3, 0.4) is 0 Å². The molecular formula is C27H26FN3O2. The van der Waals surface area contributed by atoms with E-state index in [0.717, 1.165) is 18.5 Å². The summed E-state index contributed by atoms with van der Waals surface area (Å²) in [6, 6.07) is 23.5. The Kier molecular flexibility index (Phi) is 7.33. The van der Waals surface area contributed by atoms with Gasteiger partial charge in [0, 0.05) is 49.4 Å². The van der Waals surface area contributed by atoms with Crippen molar-refractivity contribution in [3.8, 4) is 11.8 Å². The third-order valence-corrected chi connectivity index (χ3v) is 5.84. The van der Waals surface area contributed by atoms with Crippen molar-refractivity contribution >= 4 is 5.91 Å². The number of amides is 1. The van der Waals surface area contributed by atoms with Crippen molar-refractivity contribution in [2.24, 2.45) is 0 Å². The van der Waals surface area contributed by atoms with Gasteiger partial charge >= 0.3 is 0 Å². The van der Waals surface area contributed by atoms with Crippen molar-refractivity contribution in [2.75, 3.05) is 26.2 Å². The van der Waals surface area contributed by atoms with E-state index in [-0.39, 0.29) is 18.3 Å². The zero-order valence-corrected chi connectivity index (χ0v) is 18.4. The van der Waals surface area contributed by atoms with Gasteiger partial charge in [-0.1, -0.05) is 42.5 Å². The summed E-state index contributed by atoms with van der Waals surface area (Å²) < 4.78 is 19.9. The fraction of sp³-hybridized carbons (Fsp3) is 0.259. The lowest BCUT2D eigenvalue weighted by atomic mass is 10.1. The van der Waals surface area contributed by atoms with Gasteiger partial charge in [0.1, 0.15) is 18.2 Å². The average molecular weight is 444 g/mol. The summed E-state index contributed by atoms with van der Waals surface area (Å²) >= 11 is 0. The topological polar surface area (TPSA) is 56.6 Å². The molecule has 1 aliphatic rings. The maximum absolute atomic E-state index is 14.0. The minimum atomic E-state index is -0.191. The maximum Gasteiger partial charge on any atom is 0.254 e. The Morgan fingerprint density at radius 2 is 1.73 bits per heavy atom. The van der Waals surface area contributed by atoms with Gasteiger partial charge in [-0.3, -0.25) is 9.69 Å². The number of nitriles is 1. The highest BCUT2D eigenvalue weighted by molar-refractivity contribution is 5.94. The number of carbonyl (C=O) groups excluding carboxylic acids is 1. The van der Waals surface area contributed by atoms with Crippen molar-refractivity contribution in [3.63, 3.8) is 0 Å². The quantitative estimate of drug-likeness (QED) is 0.558. The molecule has 3 aromatic carbocycles. The first-order valence-electron chi connectivity index (χ1n) is 11.1. The standard InChI is InChI=1S/C27H26FN3O2/c28-26-12-4-3-8-23(26)19-30-13-6-14-31(16-15-30)27(32)21-10-5-11-25(17-21)33-20-24-9-2-1-7-22(24)18-29/h1-5,7-12,17H,6,13-16,19-20H2. The van der Waals surface area contributed by atoms with Gasteiger partial charge in [-0.15, -0.1) is 0 Å². The van der Waals surface area contributed by atoms with Crippen molar-refractivity contribution in [2.45, 2.75) is 19.6 Å². The largest absolute Gasteiger partial charge is 0.489 e. The molecule has 1 fully saturated rings. The van der Waals surface area contributed by atoms with Gasteiger partial charge in [0.15, 0.2) is 0 Å². The number of benzene rings is 3. The van der Waals surface area contributed by atoms with Crippen LogP contribution >= 0.6 is 0 Å². The molecule has 1 aliphatic heterocycles.